The zero-order chi connectivity index (χ0) is 13.6. The summed E-state index contributed by atoms with van der Waals surface area (Å²) in [5.41, 5.74) is 0. The minimum atomic E-state index is -3.38. The minimum absolute atomic E-state index is 0. The summed E-state index contributed by atoms with van der Waals surface area (Å²) >= 11 is 1.15. The van der Waals surface area contributed by atoms with E-state index >= 15 is 0 Å². The lowest BCUT2D eigenvalue weighted by atomic mass is 10.4. The monoisotopic (exact) mass is 327 g/mol. The van der Waals surface area contributed by atoms with Gasteiger partial charge in [0.15, 0.2) is 0 Å². The molecular formula is C10H18ClN3O3S2. The van der Waals surface area contributed by atoms with E-state index in [1.54, 1.807) is 13.1 Å². The molecule has 3 N–H and O–H groups in total. The Morgan fingerprint density at radius 3 is 2.58 bits per heavy atom. The molecule has 110 valence electrons. The average molecular weight is 328 g/mol. The van der Waals surface area contributed by atoms with E-state index in [9.17, 15) is 13.2 Å². The van der Waals surface area contributed by atoms with Gasteiger partial charge in [-0.15, -0.1) is 23.7 Å². The number of hydrogen-bond acceptors (Lipinski definition) is 5. The van der Waals surface area contributed by atoms with Crippen LogP contribution in [0.15, 0.2) is 16.3 Å². The number of carbonyl (C=O) groups excluding carboxylic acids is 1. The molecule has 0 aromatic carbocycles. The fraction of sp³-hybridized carbons (Fsp3) is 0.500. The standard InChI is InChI=1S/C10H17N3O3S2.ClH/c1-11-6-5-9(14)13-7-8-3-4-10(17-8)18(15,16)12-2;/h3-4,11-12H,5-7H2,1-2H3,(H,13,14);1H. The summed E-state index contributed by atoms with van der Waals surface area (Å²) in [6, 6.07) is 3.23. The quantitative estimate of drug-likeness (QED) is 0.672. The van der Waals surface area contributed by atoms with Crippen molar-refractivity contribution in [1.82, 2.24) is 15.4 Å². The molecule has 1 heterocycles. The lowest BCUT2D eigenvalue weighted by Gasteiger charge is -2.02. The van der Waals surface area contributed by atoms with Gasteiger partial charge in [-0.25, -0.2) is 13.1 Å². The van der Waals surface area contributed by atoms with Gasteiger partial charge in [-0.3, -0.25) is 4.79 Å². The van der Waals surface area contributed by atoms with Gasteiger partial charge in [0.1, 0.15) is 4.21 Å². The first-order valence-corrected chi connectivity index (χ1v) is 7.73. The van der Waals surface area contributed by atoms with Crippen molar-refractivity contribution in [3.63, 3.8) is 0 Å². The molecule has 0 bridgehead atoms. The molecule has 0 spiro atoms. The molecule has 1 aromatic rings. The van der Waals surface area contributed by atoms with Crippen molar-refractivity contribution in [2.75, 3.05) is 20.6 Å². The van der Waals surface area contributed by atoms with Crippen molar-refractivity contribution in [3.05, 3.63) is 17.0 Å². The number of hydrogen-bond donors (Lipinski definition) is 3. The molecule has 0 fully saturated rings. The molecule has 6 nitrogen and oxygen atoms in total. The normalized spacial score (nSPS) is 10.8. The van der Waals surface area contributed by atoms with Crippen LogP contribution in [0, 0.1) is 0 Å². The Kier molecular flexibility index (Phi) is 8.19. The van der Waals surface area contributed by atoms with Crippen molar-refractivity contribution in [3.8, 4) is 0 Å². The third-order valence-corrected chi connectivity index (χ3v) is 5.22. The van der Waals surface area contributed by atoms with Gasteiger partial charge in [0.2, 0.25) is 15.9 Å². The number of rotatable bonds is 7. The predicted molar refractivity (Wildman–Crippen MR) is 78.2 cm³/mol. The molecule has 0 aliphatic heterocycles. The number of carbonyl (C=O) groups is 1. The van der Waals surface area contributed by atoms with Crippen LogP contribution in [-0.4, -0.2) is 35.0 Å². The van der Waals surface area contributed by atoms with Crippen molar-refractivity contribution in [2.45, 2.75) is 17.2 Å². The highest BCUT2D eigenvalue weighted by Crippen LogP contribution is 2.20. The van der Waals surface area contributed by atoms with Gasteiger partial charge < -0.3 is 10.6 Å². The molecule has 0 saturated carbocycles. The maximum absolute atomic E-state index is 11.5. The molecule has 1 rings (SSSR count). The van der Waals surface area contributed by atoms with E-state index < -0.39 is 10.0 Å². The topological polar surface area (TPSA) is 87.3 Å². The molecule has 0 saturated heterocycles. The number of sulfonamides is 1. The fourth-order valence-electron chi connectivity index (χ4n) is 1.21. The smallest absolute Gasteiger partial charge is 0.249 e. The van der Waals surface area contributed by atoms with E-state index in [1.807, 2.05) is 0 Å². The van der Waals surface area contributed by atoms with E-state index in [4.69, 9.17) is 0 Å². The Labute approximate surface area is 123 Å². The van der Waals surface area contributed by atoms with Crippen LogP contribution in [0.25, 0.3) is 0 Å². The second-order valence-electron chi connectivity index (χ2n) is 3.56. The molecule has 1 aromatic heterocycles. The Morgan fingerprint density at radius 2 is 2.00 bits per heavy atom. The SMILES string of the molecule is CNCCC(=O)NCc1ccc(S(=O)(=O)NC)s1.Cl. The van der Waals surface area contributed by atoms with Gasteiger partial charge >= 0.3 is 0 Å². The molecule has 0 radical (unpaired) electrons. The fourth-order valence-corrected chi connectivity index (χ4v) is 3.34. The first-order valence-electron chi connectivity index (χ1n) is 5.43. The van der Waals surface area contributed by atoms with Crippen molar-refractivity contribution < 1.29 is 13.2 Å². The number of amides is 1. The Bertz CT molecular complexity index is 502. The molecular weight excluding hydrogens is 310 g/mol. The van der Waals surface area contributed by atoms with E-state index in [1.165, 1.54) is 13.1 Å². The third-order valence-electron chi connectivity index (χ3n) is 2.23. The van der Waals surface area contributed by atoms with Crippen LogP contribution >= 0.6 is 23.7 Å². The summed E-state index contributed by atoms with van der Waals surface area (Å²) in [6.45, 7) is 0.974. The summed E-state index contributed by atoms with van der Waals surface area (Å²) in [5.74, 6) is -0.0595. The molecule has 9 heteroatoms. The molecule has 0 unspecified atom stereocenters. The molecule has 0 aliphatic rings. The Morgan fingerprint density at radius 1 is 1.32 bits per heavy atom. The first kappa shape index (κ1) is 18.3. The number of nitrogens with one attached hydrogen (secondary N) is 3. The van der Waals surface area contributed by atoms with Crippen LogP contribution in [0.2, 0.25) is 0 Å². The van der Waals surface area contributed by atoms with E-state index in [2.05, 4.69) is 15.4 Å². The summed E-state index contributed by atoms with van der Waals surface area (Å²) < 4.78 is 25.5. The van der Waals surface area contributed by atoms with Crippen LogP contribution < -0.4 is 15.4 Å². The number of thiophene rings is 1. The van der Waals surface area contributed by atoms with Crippen LogP contribution in [0.1, 0.15) is 11.3 Å². The Hall–Kier alpha value is -0.670. The van der Waals surface area contributed by atoms with Crippen molar-refractivity contribution in [2.24, 2.45) is 0 Å². The van der Waals surface area contributed by atoms with Gasteiger partial charge in [-0.05, 0) is 26.2 Å². The Balaban J connectivity index is 0.00000324. The van der Waals surface area contributed by atoms with E-state index in [-0.39, 0.29) is 22.5 Å². The zero-order valence-corrected chi connectivity index (χ0v) is 13.2. The van der Waals surface area contributed by atoms with Gasteiger partial charge in [-0.1, -0.05) is 0 Å². The van der Waals surface area contributed by atoms with Crippen LogP contribution in [0.4, 0.5) is 0 Å². The highest BCUT2D eigenvalue weighted by atomic mass is 35.5. The van der Waals surface area contributed by atoms with E-state index in [0.29, 0.717) is 19.5 Å². The van der Waals surface area contributed by atoms with Gasteiger partial charge in [0.25, 0.3) is 0 Å². The molecule has 1 amide bonds. The summed E-state index contributed by atoms with van der Waals surface area (Å²) in [6.07, 6.45) is 0.406. The average Bonchev–Trinajstić information content (AvgIpc) is 2.83. The maximum atomic E-state index is 11.5. The molecule has 0 aliphatic carbocycles. The van der Waals surface area contributed by atoms with Crippen LogP contribution in [0.3, 0.4) is 0 Å². The van der Waals surface area contributed by atoms with Gasteiger partial charge in [0.05, 0.1) is 6.54 Å². The van der Waals surface area contributed by atoms with Crippen molar-refractivity contribution in [1.29, 1.82) is 0 Å². The lowest BCUT2D eigenvalue weighted by molar-refractivity contribution is -0.121. The van der Waals surface area contributed by atoms with Gasteiger partial charge in [0, 0.05) is 17.8 Å². The predicted octanol–water partition coefficient (Wildman–Crippen LogP) is 0.304. The lowest BCUT2D eigenvalue weighted by Crippen LogP contribution is -2.25. The zero-order valence-electron chi connectivity index (χ0n) is 10.7. The van der Waals surface area contributed by atoms with E-state index in [0.717, 1.165) is 16.2 Å². The summed E-state index contributed by atoms with van der Waals surface area (Å²) in [7, 11) is -0.236. The highest BCUT2D eigenvalue weighted by Gasteiger charge is 2.14. The first-order chi connectivity index (χ1) is 8.49. The second kappa shape index (κ2) is 8.49. The number of halogens is 1. The third kappa shape index (κ3) is 5.87. The van der Waals surface area contributed by atoms with Crippen LogP contribution in [-0.2, 0) is 21.4 Å². The molecule has 0 atom stereocenters. The van der Waals surface area contributed by atoms with Crippen molar-refractivity contribution >= 4 is 39.7 Å². The summed E-state index contributed by atoms with van der Waals surface area (Å²) in [4.78, 5) is 12.2. The second-order valence-corrected chi connectivity index (χ2v) is 6.84. The highest BCUT2D eigenvalue weighted by molar-refractivity contribution is 7.91. The summed E-state index contributed by atoms with van der Waals surface area (Å²) in [5, 5.41) is 5.62. The van der Waals surface area contributed by atoms with Crippen LogP contribution in [0.5, 0.6) is 0 Å². The maximum Gasteiger partial charge on any atom is 0.249 e. The minimum Gasteiger partial charge on any atom is -0.351 e. The largest absolute Gasteiger partial charge is 0.351 e. The van der Waals surface area contributed by atoms with Gasteiger partial charge in [-0.2, -0.15) is 0 Å². The molecule has 19 heavy (non-hydrogen) atoms.